The summed E-state index contributed by atoms with van der Waals surface area (Å²) in [5.74, 6) is 0.168. The van der Waals surface area contributed by atoms with E-state index in [0.717, 1.165) is 39.0 Å². The largest absolute Gasteiger partial charge is 0.353 e. The van der Waals surface area contributed by atoms with Crippen LogP contribution < -0.4 is 16.0 Å². The first kappa shape index (κ1) is 8.01. The molecule has 2 aliphatic heterocycles. The Morgan fingerprint density at radius 1 is 1.25 bits per heavy atom. The van der Waals surface area contributed by atoms with Crippen LogP contribution in [-0.4, -0.2) is 37.6 Å². The predicted octanol–water partition coefficient (Wildman–Crippen LogP) is -1.17. The van der Waals surface area contributed by atoms with Gasteiger partial charge in [0.1, 0.15) is 5.54 Å². The summed E-state index contributed by atoms with van der Waals surface area (Å²) in [5, 5.41) is 9.46. The Labute approximate surface area is 72.1 Å². The first-order valence-corrected chi connectivity index (χ1v) is 4.58. The number of hydrogen-bond donors (Lipinski definition) is 3. The SMILES string of the molecule is O=C1NCCNC12CCCNC2. The fourth-order valence-electron chi connectivity index (χ4n) is 1.98. The first-order valence-electron chi connectivity index (χ1n) is 4.58. The Kier molecular flexibility index (Phi) is 2.02. The summed E-state index contributed by atoms with van der Waals surface area (Å²) in [7, 11) is 0. The summed E-state index contributed by atoms with van der Waals surface area (Å²) < 4.78 is 0. The summed E-state index contributed by atoms with van der Waals surface area (Å²) in [6, 6.07) is 0. The molecule has 0 aromatic carbocycles. The average Bonchev–Trinajstić information content (AvgIpc) is 2.12. The van der Waals surface area contributed by atoms with E-state index in [0.29, 0.717) is 0 Å². The summed E-state index contributed by atoms with van der Waals surface area (Å²) in [6.07, 6.45) is 2.05. The molecular formula is C8H15N3O. The molecule has 2 aliphatic rings. The molecule has 4 nitrogen and oxygen atoms in total. The van der Waals surface area contributed by atoms with Crippen LogP contribution in [0.25, 0.3) is 0 Å². The zero-order valence-corrected chi connectivity index (χ0v) is 7.15. The molecule has 3 N–H and O–H groups in total. The number of piperidine rings is 1. The number of rotatable bonds is 0. The van der Waals surface area contributed by atoms with Gasteiger partial charge in [-0.05, 0) is 19.4 Å². The van der Waals surface area contributed by atoms with E-state index in [1.165, 1.54) is 0 Å². The number of carbonyl (C=O) groups is 1. The molecule has 4 heteroatoms. The third-order valence-corrected chi connectivity index (χ3v) is 2.69. The van der Waals surface area contributed by atoms with E-state index < -0.39 is 0 Å². The lowest BCUT2D eigenvalue weighted by Gasteiger charge is -2.40. The van der Waals surface area contributed by atoms with E-state index in [4.69, 9.17) is 0 Å². The van der Waals surface area contributed by atoms with Crippen molar-refractivity contribution in [2.45, 2.75) is 18.4 Å². The van der Waals surface area contributed by atoms with Crippen molar-refractivity contribution in [1.82, 2.24) is 16.0 Å². The van der Waals surface area contributed by atoms with E-state index in [1.807, 2.05) is 0 Å². The Bertz CT molecular complexity index is 178. The molecule has 2 rings (SSSR count). The highest BCUT2D eigenvalue weighted by atomic mass is 16.2. The molecule has 1 atom stereocenters. The van der Waals surface area contributed by atoms with Crippen molar-refractivity contribution in [2.75, 3.05) is 26.2 Å². The molecule has 0 bridgehead atoms. The Morgan fingerprint density at radius 2 is 2.17 bits per heavy atom. The molecular weight excluding hydrogens is 154 g/mol. The van der Waals surface area contributed by atoms with Gasteiger partial charge in [-0.3, -0.25) is 4.79 Å². The van der Waals surface area contributed by atoms with Crippen LogP contribution in [0, 0.1) is 0 Å². The zero-order chi connectivity index (χ0) is 8.44. The van der Waals surface area contributed by atoms with Gasteiger partial charge in [0.2, 0.25) is 5.91 Å². The van der Waals surface area contributed by atoms with Crippen LogP contribution in [0.15, 0.2) is 0 Å². The van der Waals surface area contributed by atoms with Gasteiger partial charge < -0.3 is 16.0 Å². The van der Waals surface area contributed by atoms with Gasteiger partial charge in [-0.1, -0.05) is 0 Å². The second-order valence-corrected chi connectivity index (χ2v) is 3.55. The smallest absolute Gasteiger partial charge is 0.241 e. The molecule has 0 saturated carbocycles. The number of piperazine rings is 1. The Hall–Kier alpha value is -0.610. The average molecular weight is 169 g/mol. The van der Waals surface area contributed by atoms with Gasteiger partial charge in [-0.25, -0.2) is 0 Å². The molecule has 2 fully saturated rings. The maximum atomic E-state index is 11.6. The lowest BCUT2D eigenvalue weighted by molar-refractivity contribution is -0.130. The third-order valence-electron chi connectivity index (χ3n) is 2.69. The van der Waals surface area contributed by atoms with Crippen molar-refractivity contribution in [3.63, 3.8) is 0 Å². The van der Waals surface area contributed by atoms with Gasteiger partial charge in [0.25, 0.3) is 0 Å². The van der Waals surface area contributed by atoms with Gasteiger partial charge in [-0.15, -0.1) is 0 Å². The standard InChI is InChI=1S/C8H15N3O/c12-7-8(11-5-4-10-7)2-1-3-9-6-8/h9,11H,1-6H2,(H,10,12). The molecule has 68 valence electrons. The summed E-state index contributed by atoms with van der Waals surface area (Å²) in [4.78, 5) is 11.6. The van der Waals surface area contributed by atoms with Crippen LogP contribution in [0.1, 0.15) is 12.8 Å². The van der Waals surface area contributed by atoms with Crippen LogP contribution in [-0.2, 0) is 4.79 Å². The lowest BCUT2D eigenvalue weighted by atomic mass is 9.88. The minimum Gasteiger partial charge on any atom is -0.353 e. The molecule has 0 radical (unpaired) electrons. The number of amides is 1. The van der Waals surface area contributed by atoms with E-state index >= 15 is 0 Å². The Morgan fingerprint density at radius 3 is 2.83 bits per heavy atom. The van der Waals surface area contributed by atoms with E-state index in [9.17, 15) is 4.79 Å². The second-order valence-electron chi connectivity index (χ2n) is 3.55. The van der Waals surface area contributed by atoms with Crippen LogP contribution in [0.3, 0.4) is 0 Å². The molecule has 1 unspecified atom stereocenters. The predicted molar refractivity (Wildman–Crippen MR) is 45.8 cm³/mol. The summed E-state index contributed by atoms with van der Waals surface area (Å²) in [5.41, 5.74) is -0.295. The fourth-order valence-corrected chi connectivity index (χ4v) is 1.98. The molecule has 0 aromatic heterocycles. The monoisotopic (exact) mass is 169 g/mol. The van der Waals surface area contributed by atoms with E-state index in [-0.39, 0.29) is 11.4 Å². The topological polar surface area (TPSA) is 53.2 Å². The van der Waals surface area contributed by atoms with Crippen molar-refractivity contribution < 1.29 is 4.79 Å². The second kappa shape index (κ2) is 3.03. The maximum Gasteiger partial charge on any atom is 0.241 e. The number of carbonyl (C=O) groups excluding carboxylic acids is 1. The molecule has 2 heterocycles. The minimum atomic E-state index is -0.295. The molecule has 0 aromatic rings. The van der Waals surface area contributed by atoms with Crippen molar-refractivity contribution in [1.29, 1.82) is 0 Å². The fraction of sp³-hybridized carbons (Fsp3) is 0.875. The lowest BCUT2D eigenvalue weighted by Crippen LogP contribution is -2.68. The van der Waals surface area contributed by atoms with Gasteiger partial charge >= 0.3 is 0 Å². The van der Waals surface area contributed by atoms with Crippen molar-refractivity contribution in [2.24, 2.45) is 0 Å². The van der Waals surface area contributed by atoms with Crippen molar-refractivity contribution in [3.05, 3.63) is 0 Å². The molecule has 2 saturated heterocycles. The number of nitrogens with one attached hydrogen (secondary N) is 3. The highest BCUT2D eigenvalue weighted by Crippen LogP contribution is 2.17. The molecule has 1 amide bonds. The summed E-state index contributed by atoms with van der Waals surface area (Å²) in [6.45, 7) is 3.48. The third kappa shape index (κ3) is 1.21. The molecule has 1 spiro atoms. The van der Waals surface area contributed by atoms with Crippen LogP contribution in [0.2, 0.25) is 0 Å². The van der Waals surface area contributed by atoms with Crippen molar-refractivity contribution in [3.8, 4) is 0 Å². The summed E-state index contributed by atoms with van der Waals surface area (Å²) >= 11 is 0. The highest BCUT2D eigenvalue weighted by Gasteiger charge is 2.40. The quantitative estimate of drug-likeness (QED) is 0.428. The normalized spacial score (nSPS) is 36.5. The van der Waals surface area contributed by atoms with E-state index in [1.54, 1.807) is 0 Å². The van der Waals surface area contributed by atoms with E-state index in [2.05, 4.69) is 16.0 Å². The van der Waals surface area contributed by atoms with Gasteiger partial charge in [0, 0.05) is 19.6 Å². The van der Waals surface area contributed by atoms with Crippen LogP contribution >= 0.6 is 0 Å². The minimum absolute atomic E-state index is 0.168. The Balaban J connectivity index is 2.09. The van der Waals surface area contributed by atoms with Gasteiger partial charge in [0.05, 0.1) is 0 Å². The molecule has 12 heavy (non-hydrogen) atoms. The van der Waals surface area contributed by atoms with Crippen LogP contribution in [0.5, 0.6) is 0 Å². The van der Waals surface area contributed by atoms with Crippen molar-refractivity contribution >= 4 is 5.91 Å². The molecule has 0 aliphatic carbocycles. The van der Waals surface area contributed by atoms with Gasteiger partial charge in [0.15, 0.2) is 0 Å². The van der Waals surface area contributed by atoms with Crippen LogP contribution in [0.4, 0.5) is 0 Å². The van der Waals surface area contributed by atoms with Gasteiger partial charge in [-0.2, -0.15) is 0 Å². The zero-order valence-electron chi connectivity index (χ0n) is 7.15. The number of hydrogen-bond acceptors (Lipinski definition) is 3. The highest BCUT2D eigenvalue weighted by molar-refractivity contribution is 5.87. The maximum absolute atomic E-state index is 11.6. The first-order chi connectivity index (χ1) is 5.83.